The van der Waals surface area contributed by atoms with Crippen molar-refractivity contribution in [1.29, 1.82) is 0 Å². The Morgan fingerprint density at radius 1 is 1.25 bits per heavy atom. The van der Waals surface area contributed by atoms with Crippen molar-refractivity contribution in [3.8, 4) is 0 Å². The topological polar surface area (TPSA) is 0 Å². The van der Waals surface area contributed by atoms with E-state index >= 15 is 0 Å². The molecule has 0 aliphatic rings. The Hall–Kier alpha value is 6.49. The average molecular weight is 284 g/mol. The summed E-state index contributed by atoms with van der Waals surface area (Å²) in [6, 6.07) is 0. The molecule has 0 aromatic carbocycles. The number of rotatable bonds is 0. The van der Waals surface area contributed by atoms with E-state index in [4.69, 9.17) is 0 Å². The first-order valence-corrected chi connectivity index (χ1v) is 0. The molecule has 0 aromatic rings. The molecule has 0 aliphatic carbocycles. The van der Waals surface area contributed by atoms with Crippen LogP contribution in [-0.4, -0.2) is 0 Å². The first-order chi connectivity index (χ1) is 0. The minimum absolute atomic E-state index is 0. The van der Waals surface area contributed by atoms with E-state index in [2.05, 4.69) is 0 Å². The molecule has 0 saturated carbocycles. The van der Waals surface area contributed by atoms with Gasteiger partial charge >= 0.3 is 208 Å². The number of hydrogen-bond acceptors (Lipinski definition) is 0. The molecule has 0 amide bonds. The van der Waals surface area contributed by atoms with Crippen molar-refractivity contribution < 1.29 is 214 Å². The summed E-state index contributed by atoms with van der Waals surface area (Å²) in [7, 11) is 0. The molecule has 0 bridgehead atoms. The Morgan fingerprint density at radius 2 is 1.25 bits per heavy atom. The van der Waals surface area contributed by atoms with Crippen LogP contribution >= 0.6 is 0 Å². The van der Waals surface area contributed by atoms with E-state index in [0.29, 0.717) is 0 Å². The van der Waals surface area contributed by atoms with E-state index in [1.807, 2.05) is 0 Å². The van der Waals surface area contributed by atoms with Crippen LogP contribution in [0.25, 0.3) is 0 Å². The molecule has 8 valence electrons. The maximum absolute atomic E-state index is 0. The van der Waals surface area contributed by atoms with Crippen molar-refractivity contribution in [3.63, 3.8) is 0 Å². The average Bonchev–Trinajstić information content (AvgIpc) is 0. The van der Waals surface area contributed by atoms with Gasteiger partial charge in [-0.05, 0) is 0 Å². The van der Waals surface area contributed by atoms with Crippen LogP contribution < -0.4 is 208 Å². The molecule has 0 aliphatic heterocycles. The standard InChI is InChI=1S/Cs.K.Na.Rb.4H/q4*+1;4*-1. The molecule has 0 spiro atoms. The van der Waals surface area contributed by atoms with E-state index in [9.17, 15) is 0 Å². The fourth-order valence-electron chi connectivity index (χ4n) is 0. The fraction of sp³-hybridized carbons (Fsp3) is 0. The third-order valence-corrected chi connectivity index (χ3v) is 0. The van der Waals surface area contributed by atoms with E-state index in [1.54, 1.807) is 0 Å². The van der Waals surface area contributed by atoms with Gasteiger partial charge in [-0.25, -0.2) is 0 Å². The van der Waals surface area contributed by atoms with E-state index in [1.165, 1.54) is 0 Å². The van der Waals surface area contributed by atoms with Crippen LogP contribution in [0.3, 0.4) is 0 Å². The summed E-state index contributed by atoms with van der Waals surface area (Å²) >= 11 is 0. The quantitative estimate of drug-likeness (QED) is 0.388. The molecule has 0 fully saturated rings. The van der Waals surface area contributed by atoms with Crippen molar-refractivity contribution in [3.05, 3.63) is 0 Å². The molecule has 0 atom stereocenters. The Kier molecular flexibility index (Phi) is 91.1. The monoisotopic (exact) mass is 284 g/mol. The van der Waals surface area contributed by atoms with E-state index in [0.717, 1.165) is 0 Å². The molecular weight excluding hydrogens is 280 g/mol. The van der Waals surface area contributed by atoms with Crippen LogP contribution in [0.2, 0.25) is 0 Å². The molecular formula is H4CsKNaRb. The van der Waals surface area contributed by atoms with Crippen molar-refractivity contribution in [2.75, 3.05) is 0 Å². The van der Waals surface area contributed by atoms with Gasteiger partial charge in [0.05, 0.1) is 0 Å². The molecule has 0 heterocycles. The first kappa shape index (κ1) is 22.4. The minimum Gasteiger partial charge on any atom is -1.00 e. The van der Waals surface area contributed by atoms with Crippen LogP contribution in [-0.2, 0) is 0 Å². The second kappa shape index (κ2) is 16.2. The summed E-state index contributed by atoms with van der Waals surface area (Å²) in [6.45, 7) is 0. The van der Waals surface area contributed by atoms with E-state index < -0.39 is 0 Å². The van der Waals surface area contributed by atoms with Gasteiger partial charge in [0.25, 0.3) is 0 Å². The Balaban J connectivity index is 0. The molecule has 0 nitrogen and oxygen atoms in total. The van der Waals surface area contributed by atoms with Gasteiger partial charge in [-0.1, -0.05) is 0 Å². The summed E-state index contributed by atoms with van der Waals surface area (Å²) < 4.78 is 0. The summed E-state index contributed by atoms with van der Waals surface area (Å²) in [5.74, 6) is 0. The zero-order valence-corrected chi connectivity index (χ0v) is 20.3. The Morgan fingerprint density at radius 3 is 1.25 bits per heavy atom. The summed E-state index contributed by atoms with van der Waals surface area (Å²) in [5, 5.41) is 0. The SMILES string of the molecule is [Cs+].[H-].[H-].[H-].[H-].[K+].[Na+].[Rb+]. The van der Waals surface area contributed by atoms with Gasteiger partial charge < -0.3 is 5.71 Å². The largest absolute Gasteiger partial charge is 1.00 e. The van der Waals surface area contributed by atoms with Gasteiger partial charge in [-0.15, -0.1) is 0 Å². The Bertz CT molecular complexity index is 16.0. The minimum atomic E-state index is 0. The molecule has 4 heteroatoms. The van der Waals surface area contributed by atoms with Crippen molar-refractivity contribution in [1.82, 2.24) is 0 Å². The van der Waals surface area contributed by atoms with Crippen molar-refractivity contribution in [2.45, 2.75) is 0 Å². The third-order valence-electron chi connectivity index (χ3n) is 0. The first-order valence-electron chi connectivity index (χ1n) is 0. The maximum Gasteiger partial charge on any atom is 1.00 e. The van der Waals surface area contributed by atoms with Gasteiger partial charge in [0.1, 0.15) is 0 Å². The predicted molar refractivity (Wildman–Crippen MR) is 4.45 cm³/mol. The molecule has 0 aromatic heterocycles. The van der Waals surface area contributed by atoms with Gasteiger partial charge in [0.2, 0.25) is 0 Å². The van der Waals surface area contributed by atoms with Crippen LogP contribution in [0.5, 0.6) is 0 Å². The molecule has 0 unspecified atom stereocenters. The molecule has 4 heavy (non-hydrogen) atoms. The van der Waals surface area contributed by atoms with Gasteiger partial charge in [0, 0.05) is 0 Å². The van der Waals surface area contributed by atoms with Gasteiger partial charge in [-0.2, -0.15) is 0 Å². The molecule has 0 N–H and O–H groups in total. The van der Waals surface area contributed by atoms with Crippen LogP contribution in [0.15, 0.2) is 0 Å². The summed E-state index contributed by atoms with van der Waals surface area (Å²) in [4.78, 5) is 0. The normalized spacial score (nSPS) is 0. The second-order valence-corrected chi connectivity index (χ2v) is 0. The van der Waals surface area contributed by atoms with Crippen molar-refractivity contribution >= 4 is 0 Å². The Labute approximate surface area is 205 Å². The van der Waals surface area contributed by atoms with Crippen LogP contribution in [0.1, 0.15) is 5.71 Å². The zero-order chi connectivity index (χ0) is 0. The van der Waals surface area contributed by atoms with Gasteiger partial charge in [0.15, 0.2) is 0 Å². The van der Waals surface area contributed by atoms with Crippen molar-refractivity contribution in [2.24, 2.45) is 0 Å². The van der Waals surface area contributed by atoms with Crippen LogP contribution in [0.4, 0.5) is 0 Å². The molecule has 0 rings (SSSR count). The predicted octanol–water partition coefficient (Wildman–Crippen LogP) is -11.5. The smallest absolute Gasteiger partial charge is 1.00 e. The molecule has 0 saturated heterocycles. The van der Waals surface area contributed by atoms with E-state index in [-0.39, 0.29) is 214 Å². The maximum atomic E-state index is 0. The molecule has 0 radical (unpaired) electrons. The fourth-order valence-corrected chi connectivity index (χ4v) is 0. The summed E-state index contributed by atoms with van der Waals surface area (Å²) in [5.41, 5.74) is 0. The third kappa shape index (κ3) is 11.3. The number of hydrogen-bond donors (Lipinski definition) is 0. The van der Waals surface area contributed by atoms with Crippen LogP contribution in [0, 0.1) is 0 Å². The van der Waals surface area contributed by atoms with Gasteiger partial charge in [-0.3, -0.25) is 0 Å². The summed E-state index contributed by atoms with van der Waals surface area (Å²) in [6.07, 6.45) is 0. The second-order valence-electron chi connectivity index (χ2n) is 0. The zero-order valence-electron chi connectivity index (χ0n) is 8.00.